The second kappa shape index (κ2) is 17.3. The molecule has 4 aromatic rings. The number of carbonyl (C=O) groups is 2. The number of benzene rings is 4. The summed E-state index contributed by atoms with van der Waals surface area (Å²) >= 11 is 0. The fourth-order valence-electron chi connectivity index (χ4n) is 8.48. The van der Waals surface area contributed by atoms with Crippen LogP contribution in [0.15, 0.2) is 109 Å². The number of hydrogen-bond donors (Lipinski definition) is 2. The average molecular weight is 793 g/mol. The Morgan fingerprint density at radius 1 is 0.536 bits per heavy atom. The molecule has 4 aromatic carbocycles. The molecule has 6 rings (SSSR count). The normalized spacial score (nSPS) is 20.6. The van der Waals surface area contributed by atoms with E-state index in [1.54, 1.807) is 9.80 Å². The number of aliphatic hydroxyl groups excluding tert-OH is 2. The molecule has 56 heavy (non-hydrogen) atoms. The highest BCUT2D eigenvalue weighted by Crippen LogP contribution is 2.62. The van der Waals surface area contributed by atoms with Gasteiger partial charge in [0.25, 0.3) is 0 Å². The van der Waals surface area contributed by atoms with E-state index in [9.17, 15) is 10.2 Å². The molecule has 0 saturated heterocycles. The maximum absolute atomic E-state index is 16.0. The maximum atomic E-state index is 16.0. The van der Waals surface area contributed by atoms with Crippen LogP contribution < -0.4 is 9.80 Å². The lowest BCUT2D eigenvalue weighted by Crippen LogP contribution is -2.62. The molecule has 0 spiro atoms. The number of rotatable bonds is 19. The van der Waals surface area contributed by atoms with Crippen LogP contribution in [-0.4, -0.2) is 76.8 Å². The number of amides is 2. The van der Waals surface area contributed by atoms with Gasteiger partial charge in [0.2, 0.25) is 11.8 Å². The molecule has 2 N–H and O–H groups in total. The van der Waals surface area contributed by atoms with Crippen molar-refractivity contribution in [1.82, 2.24) is 0 Å². The summed E-state index contributed by atoms with van der Waals surface area (Å²) in [6, 6.07) is 36.9. The molecule has 8 nitrogen and oxygen atoms in total. The summed E-state index contributed by atoms with van der Waals surface area (Å²) in [6.07, 6.45) is -2.33. The van der Waals surface area contributed by atoms with Crippen LogP contribution in [0.5, 0.6) is 0 Å². The van der Waals surface area contributed by atoms with Gasteiger partial charge in [-0.15, -0.1) is 0 Å². The number of aliphatic hydroxyl groups is 2. The summed E-state index contributed by atoms with van der Waals surface area (Å²) in [7, 11) is -2.81. The summed E-state index contributed by atoms with van der Waals surface area (Å²) in [5.41, 5.74) is 1.37. The monoisotopic (exact) mass is 792 g/mol. The summed E-state index contributed by atoms with van der Waals surface area (Å²) in [4.78, 5) is 35.5. The Bertz CT molecular complexity index is 1810. The van der Waals surface area contributed by atoms with Gasteiger partial charge in [0.15, 0.2) is 0 Å². The Hall–Kier alpha value is -3.91. The third-order valence-electron chi connectivity index (χ3n) is 11.3. The first kappa shape index (κ1) is 41.7. The van der Waals surface area contributed by atoms with Crippen LogP contribution in [0.2, 0.25) is 51.4 Å². The van der Waals surface area contributed by atoms with Gasteiger partial charge in [-0.25, -0.2) is 0 Å². The topological polar surface area (TPSA) is 99.5 Å². The van der Waals surface area contributed by atoms with Gasteiger partial charge in [-0.3, -0.25) is 9.59 Å². The molecule has 0 aliphatic carbocycles. The fraction of sp³-hybridized carbons (Fsp3) is 0.435. The van der Waals surface area contributed by atoms with Gasteiger partial charge in [0.1, 0.15) is 0 Å². The minimum atomic E-state index is -1.61. The molecule has 10 heteroatoms. The second-order valence-electron chi connectivity index (χ2n) is 18.1. The van der Waals surface area contributed by atoms with Crippen LogP contribution in [0.4, 0.5) is 11.4 Å². The summed E-state index contributed by atoms with van der Waals surface area (Å²) in [5.74, 6) is -0.555. The lowest BCUT2D eigenvalue weighted by molar-refractivity contribution is -0.139. The Balaban J connectivity index is 1.53. The second-order valence-corrected chi connectivity index (χ2v) is 29.3. The van der Waals surface area contributed by atoms with E-state index in [0.29, 0.717) is 35.7 Å². The Morgan fingerprint density at radius 2 is 0.875 bits per heavy atom. The molecule has 2 aliphatic rings. The van der Waals surface area contributed by atoms with Crippen molar-refractivity contribution in [1.29, 1.82) is 0 Å². The minimum Gasteiger partial charge on any atom is -0.391 e. The van der Waals surface area contributed by atoms with Crippen LogP contribution in [0.25, 0.3) is 0 Å². The molecule has 0 saturated carbocycles. The summed E-state index contributed by atoms with van der Waals surface area (Å²) < 4.78 is 12.3. The number of ether oxygens (including phenoxy) is 2. The minimum absolute atomic E-state index is 0.0162. The molecule has 2 amide bonds. The first-order valence-corrected chi connectivity index (χ1v) is 27.5. The third kappa shape index (κ3) is 8.81. The molecule has 0 radical (unpaired) electrons. The number of hydrogen-bond acceptors (Lipinski definition) is 6. The molecule has 0 unspecified atom stereocenters. The maximum Gasteiger partial charge on any atom is 0.239 e. The Labute approximate surface area is 335 Å². The van der Waals surface area contributed by atoms with E-state index < -0.39 is 39.2 Å². The van der Waals surface area contributed by atoms with Gasteiger partial charge in [0.05, 0.1) is 49.3 Å². The van der Waals surface area contributed by atoms with Crippen LogP contribution in [0.3, 0.4) is 0 Å². The molecule has 2 aliphatic heterocycles. The smallest absolute Gasteiger partial charge is 0.239 e. The number of anilines is 2. The highest BCUT2D eigenvalue weighted by Gasteiger charge is 2.71. The number of para-hydroxylation sites is 2. The molecular weight excluding hydrogens is 733 g/mol. The first-order valence-electron chi connectivity index (χ1n) is 20.1. The SMILES string of the molecule is C[Si](C)(C)CCOC[C@H](O)C[C@]1([C@@]2(C[C@@H](O)COCC[Si](C)(C)C)C(=O)N(Cc3ccccc3)c3ccccc32)C(=O)N(Cc2ccccc2)c2ccccc21. The van der Waals surface area contributed by atoms with Gasteiger partial charge in [-0.2, -0.15) is 0 Å². The largest absolute Gasteiger partial charge is 0.391 e. The number of fused-ring (bicyclic) bond motifs is 2. The molecule has 4 atom stereocenters. The first-order chi connectivity index (χ1) is 26.7. The Kier molecular flexibility index (Phi) is 12.9. The zero-order valence-electron chi connectivity index (χ0n) is 34.0. The standard InChI is InChI=1S/C46H60N2O6Si2/c1-55(2,3)27-25-53-33-37(49)29-45(39-21-13-15-23-41(39)47(43(45)51)31-35-17-9-7-10-18-35)46(30-38(50)34-54-26-28-56(4,5)6)40-22-14-16-24-42(40)48(44(46)52)32-36-19-11-8-12-20-36/h7-24,37-38,49-50H,25-34H2,1-6H3/t37-,38-,45-,46-/m1/s1. The van der Waals surface area contributed by atoms with Crippen molar-refractivity contribution in [2.24, 2.45) is 0 Å². The van der Waals surface area contributed by atoms with E-state index in [4.69, 9.17) is 9.47 Å². The zero-order chi connectivity index (χ0) is 40.1. The van der Waals surface area contributed by atoms with Gasteiger partial charge in [0, 0.05) is 40.7 Å². The van der Waals surface area contributed by atoms with Gasteiger partial charge in [-0.1, -0.05) is 136 Å². The van der Waals surface area contributed by atoms with Gasteiger partial charge in [-0.05, 0) is 59.3 Å². The van der Waals surface area contributed by atoms with Crippen LogP contribution in [-0.2, 0) is 43.0 Å². The van der Waals surface area contributed by atoms with Crippen molar-refractivity contribution in [3.05, 3.63) is 131 Å². The summed E-state index contributed by atoms with van der Waals surface area (Å²) in [6.45, 7) is 15.3. The van der Waals surface area contributed by atoms with Crippen LogP contribution in [0.1, 0.15) is 35.1 Å². The van der Waals surface area contributed by atoms with Gasteiger partial charge < -0.3 is 29.5 Å². The number of carbonyl (C=O) groups excluding carboxylic acids is 2. The predicted molar refractivity (Wildman–Crippen MR) is 231 cm³/mol. The molecule has 2 heterocycles. The van der Waals surface area contributed by atoms with Crippen molar-refractivity contribution >= 4 is 39.3 Å². The number of nitrogens with zero attached hydrogens (tertiary/aromatic N) is 2. The molecule has 0 fully saturated rings. The predicted octanol–water partition coefficient (Wildman–Crippen LogP) is 8.17. The van der Waals surface area contributed by atoms with E-state index in [2.05, 4.69) is 39.3 Å². The van der Waals surface area contributed by atoms with E-state index in [1.165, 1.54) is 0 Å². The van der Waals surface area contributed by atoms with Crippen molar-refractivity contribution in [2.45, 2.75) is 100 Å². The Morgan fingerprint density at radius 3 is 1.23 bits per heavy atom. The molecule has 0 bridgehead atoms. The van der Waals surface area contributed by atoms with Gasteiger partial charge >= 0.3 is 0 Å². The van der Waals surface area contributed by atoms with E-state index in [-0.39, 0.29) is 51.0 Å². The van der Waals surface area contributed by atoms with E-state index in [1.807, 2.05) is 109 Å². The van der Waals surface area contributed by atoms with Crippen molar-refractivity contribution < 1.29 is 29.3 Å². The fourth-order valence-corrected chi connectivity index (χ4v) is 10.00. The average Bonchev–Trinajstić information content (AvgIpc) is 3.53. The van der Waals surface area contributed by atoms with Crippen LogP contribution >= 0.6 is 0 Å². The molecule has 298 valence electrons. The lowest BCUT2D eigenvalue weighted by atomic mass is 9.53. The summed E-state index contributed by atoms with van der Waals surface area (Å²) in [5, 5.41) is 24.2. The van der Waals surface area contributed by atoms with Crippen molar-refractivity contribution in [3.63, 3.8) is 0 Å². The highest BCUT2D eigenvalue weighted by molar-refractivity contribution is 6.76. The highest BCUT2D eigenvalue weighted by atomic mass is 28.3. The third-order valence-corrected chi connectivity index (χ3v) is 14.7. The lowest BCUT2D eigenvalue weighted by Gasteiger charge is -2.46. The van der Waals surface area contributed by atoms with Crippen LogP contribution in [0, 0.1) is 0 Å². The van der Waals surface area contributed by atoms with E-state index >= 15 is 9.59 Å². The quantitative estimate of drug-likeness (QED) is 0.0735. The van der Waals surface area contributed by atoms with Crippen molar-refractivity contribution in [3.8, 4) is 0 Å². The molecule has 0 aromatic heterocycles. The van der Waals surface area contributed by atoms with E-state index in [0.717, 1.165) is 23.2 Å². The van der Waals surface area contributed by atoms with Crippen molar-refractivity contribution in [2.75, 3.05) is 36.2 Å². The molecular formula is C46H60N2O6Si2. The zero-order valence-corrected chi connectivity index (χ0v) is 36.0.